The van der Waals surface area contributed by atoms with E-state index in [1.54, 1.807) is 31.2 Å². The zero-order chi connectivity index (χ0) is 11.3. The van der Waals surface area contributed by atoms with Gasteiger partial charge in [0.1, 0.15) is 6.61 Å². The van der Waals surface area contributed by atoms with Gasteiger partial charge in [0.05, 0.1) is 0 Å². The van der Waals surface area contributed by atoms with Crippen LogP contribution in [0.1, 0.15) is 12.5 Å². The number of hydrogen-bond donors (Lipinski definition) is 1. The van der Waals surface area contributed by atoms with Crippen LogP contribution in [-0.4, -0.2) is 23.4 Å². The summed E-state index contributed by atoms with van der Waals surface area (Å²) in [6, 6.07) is 6.82. The number of carboxylic acids is 1. The van der Waals surface area contributed by atoms with Crippen LogP contribution < -0.4 is 0 Å². The number of nitrogens with zero attached hydrogens (tertiary/aromatic N) is 1. The van der Waals surface area contributed by atoms with Gasteiger partial charge in [0.25, 0.3) is 0 Å². The first-order valence-electron chi connectivity index (χ1n) is 4.34. The maximum atomic E-state index is 10.9. The molecule has 0 aliphatic carbocycles. The summed E-state index contributed by atoms with van der Waals surface area (Å²) in [5.74, 6) is -1.11. The van der Waals surface area contributed by atoms with Crippen LogP contribution in [0.15, 0.2) is 33.9 Å². The van der Waals surface area contributed by atoms with Gasteiger partial charge in [-0.3, -0.25) is 0 Å². The number of oxime groups is 1. The van der Waals surface area contributed by atoms with E-state index in [9.17, 15) is 4.79 Å². The Morgan fingerprint density at radius 2 is 2.07 bits per heavy atom. The summed E-state index contributed by atoms with van der Waals surface area (Å²) in [7, 11) is 0. The highest BCUT2D eigenvalue weighted by Crippen LogP contribution is 2.11. The molecule has 80 valence electrons. The van der Waals surface area contributed by atoms with Crippen LogP contribution in [0.25, 0.3) is 0 Å². The number of aliphatic carboxylic acids is 1. The summed E-state index contributed by atoms with van der Waals surface area (Å²) in [5.41, 5.74) is 0.420. The Kier molecular flexibility index (Phi) is 4.30. The van der Waals surface area contributed by atoms with Gasteiger partial charge in [-0.1, -0.05) is 33.2 Å². The molecule has 0 fully saturated rings. The number of carboxylic acid groups (broad SMARTS) is 1. The predicted molar refractivity (Wildman–Crippen MR) is 59.9 cm³/mol. The summed E-state index contributed by atoms with van der Waals surface area (Å²) in [6.45, 7) is 2.08. The molecule has 0 spiro atoms. The molecule has 0 aromatic heterocycles. The van der Waals surface area contributed by atoms with Crippen molar-refractivity contribution in [1.29, 1.82) is 0 Å². The SMILES string of the molecule is CCON=C(C(=O)O)c1ccc(Br)cc1. The van der Waals surface area contributed by atoms with Crippen molar-refractivity contribution in [1.82, 2.24) is 0 Å². The van der Waals surface area contributed by atoms with Crippen LogP contribution in [0, 0.1) is 0 Å². The van der Waals surface area contributed by atoms with E-state index in [4.69, 9.17) is 9.94 Å². The van der Waals surface area contributed by atoms with E-state index in [1.165, 1.54) is 0 Å². The smallest absolute Gasteiger partial charge is 0.358 e. The summed E-state index contributed by atoms with van der Waals surface area (Å²) < 4.78 is 0.882. The average Bonchev–Trinajstić information content (AvgIpc) is 2.21. The van der Waals surface area contributed by atoms with E-state index in [0.29, 0.717) is 12.2 Å². The molecule has 0 saturated carbocycles. The molecule has 1 N–H and O–H groups in total. The Labute approximate surface area is 95.7 Å². The summed E-state index contributed by atoms with van der Waals surface area (Å²) in [4.78, 5) is 15.6. The van der Waals surface area contributed by atoms with Gasteiger partial charge in [0.15, 0.2) is 5.71 Å². The van der Waals surface area contributed by atoms with Gasteiger partial charge in [-0.05, 0) is 19.1 Å². The van der Waals surface area contributed by atoms with Gasteiger partial charge in [-0.2, -0.15) is 0 Å². The number of carbonyl (C=O) groups is 1. The predicted octanol–water partition coefficient (Wildman–Crippen LogP) is 2.27. The van der Waals surface area contributed by atoms with Crippen LogP contribution in [0.3, 0.4) is 0 Å². The molecule has 0 heterocycles. The van der Waals surface area contributed by atoms with E-state index >= 15 is 0 Å². The monoisotopic (exact) mass is 271 g/mol. The minimum absolute atomic E-state index is 0.0932. The fourth-order valence-corrected chi connectivity index (χ4v) is 1.22. The van der Waals surface area contributed by atoms with Crippen LogP contribution in [-0.2, 0) is 9.63 Å². The molecule has 0 aliphatic rings. The van der Waals surface area contributed by atoms with Gasteiger partial charge in [0.2, 0.25) is 0 Å². The average molecular weight is 272 g/mol. The third-order valence-corrected chi connectivity index (χ3v) is 2.13. The highest BCUT2D eigenvalue weighted by molar-refractivity contribution is 9.10. The number of halogens is 1. The second-order valence-corrected chi connectivity index (χ2v) is 3.59. The van der Waals surface area contributed by atoms with Crippen LogP contribution in [0.4, 0.5) is 0 Å². The highest BCUT2D eigenvalue weighted by Gasteiger charge is 2.12. The molecular formula is C10H10BrNO3. The third-order valence-electron chi connectivity index (χ3n) is 1.61. The molecule has 0 bridgehead atoms. The van der Waals surface area contributed by atoms with Crippen molar-refractivity contribution >= 4 is 27.6 Å². The highest BCUT2D eigenvalue weighted by atomic mass is 79.9. The maximum absolute atomic E-state index is 10.9. The molecule has 15 heavy (non-hydrogen) atoms. The van der Waals surface area contributed by atoms with Gasteiger partial charge < -0.3 is 9.94 Å². The number of hydrogen-bond acceptors (Lipinski definition) is 3. The van der Waals surface area contributed by atoms with Crippen molar-refractivity contribution < 1.29 is 14.7 Å². The molecule has 0 saturated heterocycles. The lowest BCUT2D eigenvalue weighted by Crippen LogP contribution is -2.15. The topological polar surface area (TPSA) is 58.9 Å². The lowest BCUT2D eigenvalue weighted by Gasteiger charge is -2.01. The van der Waals surface area contributed by atoms with Crippen molar-refractivity contribution in [3.63, 3.8) is 0 Å². The Morgan fingerprint density at radius 1 is 1.47 bits per heavy atom. The standard InChI is InChI=1S/C10H10BrNO3/c1-2-15-12-9(10(13)14)7-3-5-8(11)6-4-7/h3-6H,2H2,1H3,(H,13,14). The first kappa shape index (κ1) is 11.7. The van der Waals surface area contributed by atoms with Crippen molar-refractivity contribution in [2.24, 2.45) is 5.16 Å². The summed E-state index contributed by atoms with van der Waals surface area (Å²) >= 11 is 3.27. The quantitative estimate of drug-likeness (QED) is 0.675. The summed E-state index contributed by atoms with van der Waals surface area (Å²) in [6.07, 6.45) is 0. The molecule has 1 rings (SSSR count). The van der Waals surface area contributed by atoms with Crippen LogP contribution >= 0.6 is 15.9 Å². The van der Waals surface area contributed by atoms with Gasteiger partial charge in [-0.15, -0.1) is 0 Å². The lowest BCUT2D eigenvalue weighted by molar-refractivity contribution is -0.129. The van der Waals surface area contributed by atoms with Crippen molar-refractivity contribution in [3.8, 4) is 0 Å². The molecule has 0 radical (unpaired) electrons. The Morgan fingerprint density at radius 3 is 2.53 bits per heavy atom. The van der Waals surface area contributed by atoms with E-state index in [0.717, 1.165) is 4.47 Å². The first-order chi connectivity index (χ1) is 7.15. The second-order valence-electron chi connectivity index (χ2n) is 2.67. The van der Waals surface area contributed by atoms with Gasteiger partial charge in [-0.25, -0.2) is 4.79 Å². The Bertz CT molecular complexity index is 373. The van der Waals surface area contributed by atoms with Gasteiger partial charge >= 0.3 is 5.97 Å². The third kappa shape index (κ3) is 3.36. The first-order valence-corrected chi connectivity index (χ1v) is 5.13. The lowest BCUT2D eigenvalue weighted by atomic mass is 10.1. The molecule has 0 amide bonds. The fourth-order valence-electron chi connectivity index (χ4n) is 0.952. The molecule has 5 heteroatoms. The normalized spacial score (nSPS) is 11.2. The Hall–Kier alpha value is -1.36. The minimum Gasteiger partial charge on any atom is -0.476 e. The zero-order valence-electron chi connectivity index (χ0n) is 8.11. The molecular weight excluding hydrogens is 262 g/mol. The molecule has 1 aromatic carbocycles. The minimum atomic E-state index is -1.11. The van der Waals surface area contributed by atoms with Crippen molar-refractivity contribution in [3.05, 3.63) is 34.3 Å². The summed E-state index contributed by atoms with van der Waals surface area (Å²) in [5, 5.41) is 12.4. The second kappa shape index (κ2) is 5.50. The van der Waals surface area contributed by atoms with E-state index in [2.05, 4.69) is 21.1 Å². The molecule has 0 aliphatic heterocycles. The van der Waals surface area contributed by atoms with E-state index in [1.807, 2.05) is 0 Å². The number of benzene rings is 1. The zero-order valence-corrected chi connectivity index (χ0v) is 9.69. The molecule has 0 unspecified atom stereocenters. The van der Waals surface area contributed by atoms with Gasteiger partial charge in [0, 0.05) is 10.0 Å². The van der Waals surface area contributed by atoms with E-state index in [-0.39, 0.29) is 5.71 Å². The van der Waals surface area contributed by atoms with Crippen LogP contribution in [0.5, 0.6) is 0 Å². The number of rotatable bonds is 4. The maximum Gasteiger partial charge on any atom is 0.358 e. The van der Waals surface area contributed by atoms with Crippen molar-refractivity contribution in [2.75, 3.05) is 6.61 Å². The Balaban J connectivity index is 2.99. The molecule has 4 nitrogen and oxygen atoms in total. The fraction of sp³-hybridized carbons (Fsp3) is 0.200. The van der Waals surface area contributed by atoms with Crippen LogP contribution in [0.2, 0.25) is 0 Å². The largest absolute Gasteiger partial charge is 0.476 e. The van der Waals surface area contributed by atoms with Crippen molar-refractivity contribution in [2.45, 2.75) is 6.92 Å². The van der Waals surface area contributed by atoms with E-state index < -0.39 is 5.97 Å². The molecule has 1 aromatic rings. The molecule has 0 atom stereocenters.